The van der Waals surface area contributed by atoms with Crippen molar-refractivity contribution in [2.24, 2.45) is 0 Å². The highest BCUT2D eigenvalue weighted by atomic mass is 16.5. The summed E-state index contributed by atoms with van der Waals surface area (Å²) < 4.78 is 7.55. The molecule has 0 spiro atoms. The normalized spacial score (nSPS) is 12.8. The van der Waals surface area contributed by atoms with E-state index < -0.39 is 12.1 Å². The lowest BCUT2D eigenvalue weighted by Gasteiger charge is -2.25. The SMILES string of the molecule is CCCn1ccc2c(C)cc(CC(=O)N[C@@H](Cc3ccccc3)[C@H](O)CNCc3cccc(OC)c3)cc21. The molecular weight excluding hydrogens is 474 g/mol. The molecule has 2 atom stereocenters. The van der Waals surface area contributed by atoms with E-state index >= 15 is 0 Å². The molecule has 200 valence electrons. The predicted molar refractivity (Wildman–Crippen MR) is 153 cm³/mol. The second-order valence-corrected chi connectivity index (χ2v) is 9.94. The maximum absolute atomic E-state index is 13.2. The number of hydrogen-bond donors (Lipinski definition) is 3. The molecular formula is C32H39N3O3. The number of nitrogens with one attached hydrogen (secondary N) is 2. The maximum Gasteiger partial charge on any atom is 0.224 e. The maximum atomic E-state index is 13.2. The molecule has 3 aromatic carbocycles. The smallest absolute Gasteiger partial charge is 0.224 e. The first-order chi connectivity index (χ1) is 18.5. The van der Waals surface area contributed by atoms with Gasteiger partial charge in [0.05, 0.1) is 25.7 Å². The molecule has 4 aromatic rings. The molecule has 0 aliphatic carbocycles. The largest absolute Gasteiger partial charge is 0.497 e. The summed E-state index contributed by atoms with van der Waals surface area (Å²) in [5.41, 5.74) is 5.45. The Balaban J connectivity index is 1.43. The van der Waals surface area contributed by atoms with E-state index in [0.717, 1.165) is 40.9 Å². The molecule has 38 heavy (non-hydrogen) atoms. The Labute approximate surface area is 225 Å². The predicted octanol–water partition coefficient (Wildman–Crippen LogP) is 4.79. The van der Waals surface area contributed by atoms with Gasteiger partial charge < -0.3 is 25.0 Å². The average molecular weight is 514 g/mol. The van der Waals surface area contributed by atoms with E-state index in [1.165, 1.54) is 10.9 Å². The lowest BCUT2D eigenvalue weighted by Crippen LogP contribution is -2.49. The van der Waals surface area contributed by atoms with Crippen LogP contribution in [-0.4, -0.2) is 41.4 Å². The van der Waals surface area contributed by atoms with Gasteiger partial charge in [-0.1, -0.05) is 55.5 Å². The zero-order valence-electron chi connectivity index (χ0n) is 22.6. The number of fused-ring (bicyclic) bond motifs is 1. The summed E-state index contributed by atoms with van der Waals surface area (Å²) in [5.74, 6) is 0.708. The number of aryl methyl sites for hydroxylation is 2. The molecule has 0 aliphatic rings. The number of amides is 1. The van der Waals surface area contributed by atoms with Gasteiger partial charge in [-0.25, -0.2) is 0 Å². The summed E-state index contributed by atoms with van der Waals surface area (Å²) >= 11 is 0. The molecule has 0 unspecified atom stereocenters. The van der Waals surface area contributed by atoms with Crippen molar-refractivity contribution in [3.8, 4) is 5.75 Å². The fourth-order valence-corrected chi connectivity index (χ4v) is 4.97. The van der Waals surface area contributed by atoms with Crippen LogP contribution in [0.4, 0.5) is 0 Å². The molecule has 0 radical (unpaired) electrons. The summed E-state index contributed by atoms with van der Waals surface area (Å²) in [6.45, 7) is 6.16. The summed E-state index contributed by atoms with van der Waals surface area (Å²) in [6, 6.07) is 23.7. The van der Waals surface area contributed by atoms with Gasteiger partial charge in [-0.15, -0.1) is 0 Å². The minimum absolute atomic E-state index is 0.0925. The topological polar surface area (TPSA) is 75.5 Å². The van der Waals surface area contributed by atoms with Crippen molar-refractivity contribution in [2.45, 2.75) is 58.3 Å². The number of ether oxygens (including phenoxy) is 1. The van der Waals surface area contributed by atoms with Crippen LogP contribution in [0.2, 0.25) is 0 Å². The highest BCUT2D eigenvalue weighted by Gasteiger charge is 2.22. The lowest BCUT2D eigenvalue weighted by atomic mass is 10.00. The molecule has 6 heteroatoms. The Morgan fingerprint density at radius 1 is 1.00 bits per heavy atom. The third-order valence-electron chi connectivity index (χ3n) is 6.91. The molecule has 0 saturated heterocycles. The molecule has 1 amide bonds. The van der Waals surface area contributed by atoms with Crippen molar-refractivity contribution >= 4 is 16.8 Å². The second kappa shape index (κ2) is 13.3. The van der Waals surface area contributed by atoms with Gasteiger partial charge in [-0.3, -0.25) is 4.79 Å². The van der Waals surface area contributed by atoms with Crippen LogP contribution in [0.15, 0.2) is 79.0 Å². The zero-order valence-corrected chi connectivity index (χ0v) is 22.6. The van der Waals surface area contributed by atoms with Gasteiger partial charge in [0.2, 0.25) is 5.91 Å². The van der Waals surface area contributed by atoms with Gasteiger partial charge in [0.25, 0.3) is 0 Å². The van der Waals surface area contributed by atoms with Gasteiger partial charge >= 0.3 is 0 Å². The van der Waals surface area contributed by atoms with Crippen molar-refractivity contribution in [2.75, 3.05) is 13.7 Å². The van der Waals surface area contributed by atoms with Gasteiger partial charge in [-0.05, 0) is 66.3 Å². The minimum Gasteiger partial charge on any atom is -0.497 e. The van der Waals surface area contributed by atoms with Crippen LogP contribution < -0.4 is 15.4 Å². The summed E-state index contributed by atoms with van der Waals surface area (Å²) in [5, 5.41) is 18.8. The highest BCUT2D eigenvalue weighted by Crippen LogP contribution is 2.23. The standard InChI is InChI=1S/C32H39N3O3/c1-4-14-35-15-13-28-23(2)16-26(19-30(28)35)20-32(37)34-29(18-24-9-6-5-7-10-24)31(36)22-33-21-25-11-8-12-27(17-25)38-3/h5-13,15-17,19,29,31,33,36H,4,14,18,20-22H2,1-3H3,(H,34,37)/t29-,31+/m0/s1. The molecule has 0 saturated carbocycles. The number of methoxy groups -OCH3 is 1. The Kier molecular flexibility index (Phi) is 9.57. The molecule has 0 bridgehead atoms. The van der Waals surface area contributed by atoms with Gasteiger partial charge in [0, 0.05) is 36.7 Å². The van der Waals surface area contributed by atoms with Crippen LogP contribution in [0, 0.1) is 6.92 Å². The number of hydrogen-bond acceptors (Lipinski definition) is 4. The van der Waals surface area contributed by atoms with E-state index in [1.807, 2.05) is 54.6 Å². The Hall–Kier alpha value is -3.61. The number of aliphatic hydroxyl groups is 1. The first kappa shape index (κ1) is 27.4. The Morgan fingerprint density at radius 2 is 1.79 bits per heavy atom. The summed E-state index contributed by atoms with van der Waals surface area (Å²) in [6.07, 6.45) is 3.24. The number of carbonyl (C=O) groups excluding carboxylic acids is 1. The van der Waals surface area contributed by atoms with Crippen LogP contribution in [-0.2, 0) is 30.7 Å². The Morgan fingerprint density at radius 3 is 2.55 bits per heavy atom. The highest BCUT2D eigenvalue weighted by molar-refractivity contribution is 5.86. The number of rotatable bonds is 13. The second-order valence-electron chi connectivity index (χ2n) is 9.94. The van der Waals surface area contributed by atoms with E-state index in [0.29, 0.717) is 19.5 Å². The van der Waals surface area contributed by atoms with E-state index in [1.54, 1.807) is 7.11 Å². The third kappa shape index (κ3) is 7.24. The van der Waals surface area contributed by atoms with Crippen molar-refractivity contribution in [3.05, 3.63) is 101 Å². The number of aromatic nitrogens is 1. The summed E-state index contributed by atoms with van der Waals surface area (Å²) in [4.78, 5) is 13.2. The molecule has 4 rings (SSSR count). The van der Waals surface area contributed by atoms with Gasteiger partial charge in [-0.2, -0.15) is 0 Å². The van der Waals surface area contributed by atoms with Crippen LogP contribution in [0.3, 0.4) is 0 Å². The first-order valence-corrected chi connectivity index (χ1v) is 13.4. The van der Waals surface area contributed by atoms with Gasteiger partial charge in [0.1, 0.15) is 5.75 Å². The van der Waals surface area contributed by atoms with Crippen molar-refractivity contribution in [3.63, 3.8) is 0 Å². The molecule has 0 aliphatic heterocycles. The third-order valence-corrected chi connectivity index (χ3v) is 6.91. The number of aliphatic hydroxyl groups excluding tert-OH is 1. The van der Waals surface area contributed by atoms with Crippen molar-refractivity contribution in [1.82, 2.24) is 15.2 Å². The zero-order chi connectivity index (χ0) is 26.9. The summed E-state index contributed by atoms with van der Waals surface area (Å²) in [7, 11) is 1.65. The molecule has 1 heterocycles. The van der Waals surface area contributed by atoms with E-state index in [9.17, 15) is 9.90 Å². The number of carbonyl (C=O) groups is 1. The molecule has 6 nitrogen and oxygen atoms in total. The van der Waals surface area contributed by atoms with Crippen molar-refractivity contribution < 1.29 is 14.6 Å². The lowest BCUT2D eigenvalue weighted by molar-refractivity contribution is -0.122. The molecule has 3 N–H and O–H groups in total. The van der Waals surface area contributed by atoms with Crippen molar-refractivity contribution in [1.29, 1.82) is 0 Å². The van der Waals surface area contributed by atoms with Gasteiger partial charge in [0.15, 0.2) is 0 Å². The number of nitrogens with zero attached hydrogens (tertiary/aromatic N) is 1. The average Bonchev–Trinajstić information content (AvgIpc) is 3.32. The quantitative estimate of drug-likeness (QED) is 0.240. The Bertz CT molecular complexity index is 1330. The fourth-order valence-electron chi connectivity index (χ4n) is 4.97. The van der Waals surface area contributed by atoms with Crippen LogP contribution >= 0.6 is 0 Å². The van der Waals surface area contributed by atoms with Crippen LogP contribution in [0.1, 0.15) is 35.6 Å². The monoisotopic (exact) mass is 513 g/mol. The molecule has 1 aromatic heterocycles. The number of benzene rings is 3. The van der Waals surface area contributed by atoms with E-state index in [4.69, 9.17) is 4.74 Å². The van der Waals surface area contributed by atoms with Crippen LogP contribution in [0.5, 0.6) is 5.75 Å². The van der Waals surface area contributed by atoms with Crippen LogP contribution in [0.25, 0.3) is 10.9 Å². The molecule has 0 fully saturated rings. The van der Waals surface area contributed by atoms with E-state index in [2.05, 4.69) is 53.4 Å². The van der Waals surface area contributed by atoms with E-state index in [-0.39, 0.29) is 12.3 Å². The minimum atomic E-state index is -0.754. The first-order valence-electron chi connectivity index (χ1n) is 13.4. The fraction of sp³-hybridized carbons (Fsp3) is 0.344.